The fourth-order valence-electron chi connectivity index (χ4n) is 1.82. The molecule has 15 heavy (non-hydrogen) atoms. The minimum absolute atomic E-state index is 0.0548. The lowest BCUT2D eigenvalue weighted by molar-refractivity contribution is 0.703. The van der Waals surface area contributed by atoms with E-state index in [1.807, 2.05) is 37.3 Å². The number of aryl methyl sites for hydroxylation is 1. The number of hydrogen-bond donors (Lipinski definition) is 1. The molecule has 0 amide bonds. The minimum Gasteiger partial charge on any atom is -0.329 e. The van der Waals surface area contributed by atoms with E-state index in [2.05, 4.69) is 0 Å². The summed E-state index contributed by atoms with van der Waals surface area (Å²) in [6.45, 7) is 2.89. The standard InChI is InChI=1S/C12H14N2O/c1-9-8-10-4-2-3-5-11(10)14(7-6-13)12(9)15/h2-5,8H,6-7,13H2,1H3. The molecule has 1 aromatic carbocycles. The molecule has 0 radical (unpaired) electrons. The predicted octanol–water partition coefficient (Wildman–Crippen LogP) is 1.27. The van der Waals surface area contributed by atoms with E-state index in [9.17, 15) is 4.79 Å². The average molecular weight is 202 g/mol. The zero-order chi connectivity index (χ0) is 10.8. The number of nitrogens with zero attached hydrogens (tertiary/aromatic N) is 1. The van der Waals surface area contributed by atoms with E-state index in [1.165, 1.54) is 0 Å². The van der Waals surface area contributed by atoms with Crippen LogP contribution in [0.3, 0.4) is 0 Å². The Kier molecular flexibility index (Phi) is 2.56. The van der Waals surface area contributed by atoms with Gasteiger partial charge in [-0.3, -0.25) is 4.79 Å². The van der Waals surface area contributed by atoms with Gasteiger partial charge in [0.1, 0.15) is 0 Å². The van der Waals surface area contributed by atoms with E-state index < -0.39 is 0 Å². The molecule has 0 aliphatic carbocycles. The monoisotopic (exact) mass is 202 g/mol. The summed E-state index contributed by atoms with van der Waals surface area (Å²) in [4.78, 5) is 11.9. The van der Waals surface area contributed by atoms with Gasteiger partial charge in [0.2, 0.25) is 0 Å². The second kappa shape index (κ2) is 3.87. The van der Waals surface area contributed by atoms with Gasteiger partial charge in [-0.1, -0.05) is 18.2 Å². The summed E-state index contributed by atoms with van der Waals surface area (Å²) in [6.07, 6.45) is 0. The van der Waals surface area contributed by atoms with Gasteiger partial charge in [-0.25, -0.2) is 0 Å². The summed E-state index contributed by atoms with van der Waals surface area (Å²) in [5.74, 6) is 0. The van der Waals surface area contributed by atoms with Crippen LogP contribution in [0.2, 0.25) is 0 Å². The molecule has 0 atom stereocenters. The Morgan fingerprint density at radius 1 is 1.33 bits per heavy atom. The zero-order valence-electron chi connectivity index (χ0n) is 8.73. The maximum atomic E-state index is 11.9. The molecular formula is C12H14N2O. The number of benzene rings is 1. The van der Waals surface area contributed by atoms with Crippen LogP contribution in [-0.2, 0) is 6.54 Å². The van der Waals surface area contributed by atoms with E-state index in [0.29, 0.717) is 13.1 Å². The number of fused-ring (bicyclic) bond motifs is 1. The first-order valence-corrected chi connectivity index (χ1v) is 5.03. The van der Waals surface area contributed by atoms with Gasteiger partial charge in [0.25, 0.3) is 5.56 Å². The Bertz CT molecular complexity index is 543. The summed E-state index contributed by atoms with van der Waals surface area (Å²) in [7, 11) is 0. The Morgan fingerprint density at radius 2 is 2.07 bits per heavy atom. The molecular weight excluding hydrogens is 188 g/mol. The fourth-order valence-corrected chi connectivity index (χ4v) is 1.82. The van der Waals surface area contributed by atoms with Crippen molar-refractivity contribution in [1.29, 1.82) is 0 Å². The Labute approximate surface area is 88.1 Å². The lowest BCUT2D eigenvalue weighted by Gasteiger charge is -2.09. The smallest absolute Gasteiger partial charge is 0.253 e. The number of nitrogens with two attached hydrogens (primary N) is 1. The van der Waals surface area contributed by atoms with Gasteiger partial charge in [0.05, 0.1) is 5.52 Å². The van der Waals surface area contributed by atoms with Crippen LogP contribution in [0.5, 0.6) is 0 Å². The van der Waals surface area contributed by atoms with Crippen molar-refractivity contribution in [3.63, 3.8) is 0 Å². The molecule has 78 valence electrons. The van der Waals surface area contributed by atoms with Crippen molar-refractivity contribution in [3.8, 4) is 0 Å². The lowest BCUT2D eigenvalue weighted by Crippen LogP contribution is -2.25. The zero-order valence-corrected chi connectivity index (χ0v) is 8.73. The van der Waals surface area contributed by atoms with Crippen LogP contribution >= 0.6 is 0 Å². The first-order valence-electron chi connectivity index (χ1n) is 5.03. The van der Waals surface area contributed by atoms with Crippen LogP contribution in [-0.4, -0.2) is 11.1 Å². The number of pyridine rings is 1. The van der Waals surface area contributed by atoms with Gasteiger partial charge in [-0.05, 0) is 24.4 Å². The van der Waals surface area contributed by atoms with Crippen LogP contribution in [0.15, 0.2) is 35.1 Å². The molecule has 1 aromatic heterocycles. The molecule has 0 fully saturated rings. The normalized spacial score (nSPS) is 10.8. The highest BCUT2D eigenvalue weighted by Crippen LogP contribution is 2.12. The van der Waals surface area contributed by atoms with E-state index >= 15 is 0 Å². The quantitative estimate of drug-likeness (QED) is 0.797. The van der Waals surface area contributed by atoms with Crippen molar-refractivity contribution in [2.24, 2.45) is 5.73 Å². The van der Waals surface area contributed by atoms with E-state index in [0.717, 1.165) is 16.5 Å². The van der Waals surface area contributed by atoms with Crippen molar-refractivity contribution in [2.75, 3.05) is 6.54 Å². The minimum atomic E-state index is 0.0548. The van der Waals surface area contributed by atoms with Gasteiger partial charge >= 0.3 is 0 Å². The molecule has 1 heterocycles. The largest absolute Gasteiger partial charge is 0.329 e. The molecule has 0 saturated heterocycles. The van der Waals surface area contributed by atoms with Gasteiger partial charge in [-0.15, -0.1) is 0 Å². The SMILES string of the molecule is Cc1cc2ccccc2n(CCN)c1=O. The summed E-state index contributed by atoms with van der Waals surface area (Å²) in [5, 5.41) is 1.09. The highest BCUT2D eigenvalue weighted by Gasteiger charge is 2.04. The van der Waals surface area contributed by atoms with Crippen molar-refractivity contribution in [2.45, 2.75) is 13.5 Å². The molecule has 2 N–H and O–H groups in total. The molecule has 0 aliphatic rings. The molecule has 0 spiro atoms. The van der Waals surface area contributed by atoms with Crippen LogP contribution in [0, 0.1) is 6.92 Å². The van der Waals surface area contributed by atoms with Gasteiger partial charge in [0, 0.05) is 18.7 Å². The molecule has 0 saturated carbocycles. The first kappa shape index (κ1) is 9.93. The second-order valence-electron chi connectivity index (χ2n) is 3.63. The van der Waals surface area contributed by atoms with Crippen molar-refractivity contribution in [1.82, 2.24) is 4.57 Å². The first-order chi connectivity index (χ1) is 7.24. The van der Waals surface area contributed by atoms with Crippen LogP contribution < -0.4 is 11.3 Å². The maximum absolute atomic E-state index is 11.9. The Balaban J connectivity index is 2.83. The number of hydrogen-bond acceptors (Lipinski definition) is 2. The number of aromatic nitrogens is 1. The molecule has 0 bridgehead atoms. The third kappa shape index (κ3) is 1.66. The summed E-state index contributed by atoms with van der Waals surface area (Å²) in [6, 6.07) is 9.79. The predicted molar refractivity (Wildman–Crippen MR) is 62.0 cm³/mol. The lowest BCUT2D eigenvalue weighted by atomic mass is 10.1. The van der Waals surface area contributed by atoms with E-state index in [-0.39, 0.29) is 5.56 Å². The van der Waals surface area contributed by atoms with Crippen molar-refractivity contribution >= 4 is 10.9 Å². The van der Waals surface area contributed by atoms with Crippen LogP contribution in [0.4, 0.5) is 0 Å². The number of rotatable bonds is 2. The van der Waals surface area contributed by atoms with Crippen molar-refractivity contribution in [3.05, 3.63) is 46.2 Å². The van der Waals surface area contributed by atoms with Gasteiger partial charge in [0.15, 0.2) is 0 Å². The number of para-hydroxylation sites is 1. The topological polar surface area (TPSA) is 48.0 Å². The Morgan fingerprint density at radius 3 is 2.80 bits per heavy atom. The Hall–Kier alpha value is -1.61. The third-order valence-corrected chi connectivity index (χ3v) is 2.53. The highest BCUT2D eigenvalue weighted by atomic mass is 16.1. The molecule has 3 heteroatoms. The molecule has 2 aromatic rings. The van der Waals surface area contributed by atoms with Crippen molar-refractivity contribution < 1.29 is 0 Å². The van der Waals surface area contributed by atoms with Crippen LogP contribution in [0.1, 0.15) is 5.56 Å². The van der Waals surface area contributed by atoms with Gasteiger partial charge < -0.3 is 10.3 Å². The highest BCUT2D eigenvalue weighted by molar-refractivity contribution is 5.79. The summed E-state index contributed by atoms with van der Waals surface area (Å²) in [5.41, 5.74) is 7.29. The van der Waals surface area contributed by atoms with E-state index in [1.54, 1.807) is 4.57 Å². The molecule has 2 rings (SSSR count). The average Bonchev–Trinajstić information content (AvgIpc) is 2.25. The van der Waals surface area contributed by atoms with Gasteiger partial charge in [-0.2, -0.15) is 0 Å². The second-order valence-corrected chi connectivity index (χ2v) is 3.63. The summed E-state index contributed by atoms with van der Waals surface area (Å²) >= 11 is 0. The summed E-state index contributed by atoms with van der Waals surface area (Å²) < 4.78 is 1.74. The van der Waals surface area contributed by atoms with E-state index in [4.69, 9.17) is 5.73 Å². The van der Waals surface area contributed by atoms with Crippen LogP contribution in [0.25, 0.3) is 10.9 Å². The third-order valence-electron chi connectivity index (χ3n) is 2.53. The molecule has 0 aliphatic heterocycles. The fraction of sp³-hybridized carbons (Fsp3) is 0.250. The maximum Gasteiger partial charge on any atom is 0.253 e. The molecule has 0 unspecified atom stereocenters. The molecule has 3 nitrogen and oxygen atoms in total.